The number of ether oxygens (including phenoxy) is 2. The Morgan fingerprint density at radius 3 is 2.16 bits per heavy atom. The molecule has 6 nitrogen and oxygen atoms in total. The first-order valence-electron chi connectivity index (χ1n) is 7.76. The van der Waals surface area contributed by atoms with Gasteiger partial charge in [-0.1, -0.05) is 30.3 Å². The number of aromatic nitrogens is 1. The van der Waals surface area contributed by atoms with Crippen LogP contribution in [0.15, 0.2) is 42.6 Å². The Morgan fingerprint density at radius 2 is 1.56 bits per heavy atom. The van der Waals surface area contributed by atoms with E-state index in [2.05, 4.69) is 4.98 Å². The van der Waals surface area contributed by atoms with Crippen molar-refractivity contribution in [3.8, 4) is 0 Å². The normalized spacial score (nSPS) is 14.5. The van der Waals surface area contributed by atoms with Gasteiger partial charge >= 0.3 is 11.9 Å². The van der Waals surface area contributed by atoms with Crippen molar-refractivity contribution in [2.45, 2.75) is 12.8 Å². The first-order valence-corrected chi connectivity index (χ1v) is 7.76. The Labute approximate surface area is 144 Å². The topological polar surface area (TPSA) is 82.6 Å². The van der Waals surface area contributed by atoms with Crippen molar-refractivity contribution in [2.24, 2.45) is 5.41 Å². The summed E-state index contributed by atoms with van der Waals surface area (Å²) in [6.45, 7) is 0. The van der Waals surface area contributed by atoms with Crippen molar-refractivity contribution in [3.63, 3.8) is 0 Å². The molecular weight excluding hydrogens is 322 g/mol. The Balaban J connectivity index is 1.96. The van der Waals surface area contributed by atoms with E-state index in [1.165, 1.54) is 14.2 Å². The fourth-order valence-corrected chi connectivity index (χ4v) is 3.19. The van der Waals surface area contributed by atoms with E-state index >= 15 is 0 Å². The number of carbonyl (C=O) groups is 3. The minimum atomic E-state index is -1.41. The monoisotopic (exact) mass is 339 g/mol. The molecule has 1 heterocycles. The minimum absolute atomic E-state index is 0.124. The van der Waals surface area contributed by atoms with Crippen molar-refractivity contribution < 1.29 is 23.9 Å². The summed E-state index contributed by atoms with van der Waals surface area (Å²) in [5.41, 5.74) is 0.850. The van der Waals surface area contributed by atoms with Gasteiger partial charge in [0.2, 0.25) is 5.78 Å². The smallest absolute Gasteiger partial charge is 0.323 e. The predicted octanol–water partition coefficient (Wildman–Crippen LogP) is 1.74. The molecule has 0 atom stereocenters. The molecule has 1 aliphatic rings. The van der Waals surface area contributed by atoms with E-state index in [9.17, 15) is 14.4 Å². The average molecular weight is 339 g/mol. The fraction of sp³-hybridized carbons (Fsp3) is 0.263. The average Bonchev–Trinajstić information content (AvgIpc) is 3.06. The summed E-state index contributed by atoms with van der Waals surface area (Å²) in [7, 11) is 2.47. The first-order chi connectivity index (χ1) is 12.0. The number of hydrogen-bond donors (Lipinski definition) is 0. The molecule has 0 fully saturated rings. The summed E-state index contributed by atoms with van der Waals surface area (Å²) in [5, 5.41) is 0. The second-order valence-corrected chi connectivity index (χ2v) is 5.95. The molecule has 0 spiro atoms. The summed E-state index contributed by atoms with van der Waals surface area (Å²) < 4.78 is 9.62. The van der Waals surface area contributed by atoms with Crippen molar-refractivity contribution >= 4 is 17.7 Å². The van der Waals surface area contributed by atoms with Crippen LogP contribution in [0.25, 0.3) is 0 Å². The van der Waals surface area contributed by atoms with Crippen LogP contribution in [0, 0.1) is 5.41 Å². The second-order valence-electron chi connectivity index (χ2n) is 5.95. The van der Waals surface area contributed by atoms with Gasteiger partial charge in [0.15, 0.2) is 5.41 Å². The Kier molecular flexibility index (Phi) is 4.35. The highest BCUT2D eigenvalue weighted by Gasteiger charge is 2.52. The molecule has 0 bridgehead atoms. The van der Waals surface area contributed by atoms with Gasteiger partial charge in [-0.05, 0) is 23.6 Å². The lowest BCUT2D eigenvalue weighted by Crippen LogP contribution is -2.42. The van der Waals surface area contributed by atoms with Crippen molar-refractivity contribution in [1.82, 2.24) is 4.98 Å². The number of pyridine rings is 1. The molecule has 0 radical (unpaired) electrons. The molecule has 3 rings (SSSR count). The third-order valence-electron chi connectivity index (χ3n) is 4.49. The van der Waals surface area contributed by atoms with Crippen molar-refractivity contribution in [1.29, 1.82) is 0 Å². The van der Waals surface area contributed by atoms with Gasteiger partial charge in [0, 0.05) is 18.2 Å². The van der Waals surface area contributed by atoms with E-state index in [-0.39, 0.29) is 24.3 Å². The number of hydrogen-bond acceptors (Lipinski definition) is 6. The number of fused-ring (bicyclic) bond motifs is 1. The zero-order valence-corrected chi connectivity index (χ0v) is 13.9. The van der Waals surface area contributed by atoms with Crippen LogP contribution in [0.4, 0.5) is 0 Å². The summed E-state index contributed by atoms with van der Waals surface area (Å²) in [6, 6.07) is 10.4. The van der Waals surface area contributed by atoms with Gasteiger partial charge in [0.05, 0.1) is 14.2 Å². The highest BCUT2D eigenvalue weighted by atomic mass is 16.5. The number of methoxy groups -OCH3 is 2. The highest BCUT2D eigenvalue weighted by molar-refractivity contribution is 6.08. The molecule has 1 aromatic heterocycles. The zero-order chi connectivity index (χ0) is 18.0. The lowest BCUT2D eigenvalue weighted by atomic mass is 9.85. The van der Waals surface area contributed by atoms with Crippen LogP contribution in [0.1, 0.15) is 27.2 Å². The van der Waals surface area contributed by atoms with Crippen molar-refractivity contribution in [2.75, 3.05) is 14.2 Å². The molecular formula is C19H17NO5. The van der Waals surface area contributed by atoms with E-state index in [0.717, 1.165) is 11.1 Å². The van der Waals surface area contributed by atoms with Gasteiger partial charge in [0.1, 0.15) is 5.69 Å². The van der Waals surface area contributed by atoms with E-state index in [0.29, 0.717) is 5.56 Å². The molecule has 0 N–H and O–H groups in total. The molecule has 1 aliphatic carbocycles. The second kappa shape index (κ2) is 6.47. The maximum atomic E-state index is 12.5. The molecule has 0 unspecified atom stereocenters. The van der Waals surface area contributed by atoms with Crippen LogP contribution in [-0.2, 0) is 31.9 Å². The molecule has 0 saturated carbocycles. The van der Waals surface area contributed by atoms with Gasteiger partial charge < -0.3 is 9.47 Å². The van der Waals surface area contributed by atoms with Gasteiger partial charge in [-0.3, -0.25) is 19.4 Å². The third kappa shape index (κ3) is 2.80. The Hall–Kier alpha value is -3.02. The fourth-order valence-electron chi connectivity index (χ4n) is 3.19. The van der Waals surface area contributed by atoms with E-state index < -0.39 is 17.4 Å². The lowest BCUT2D eigenvalue weighted by molar-refractivity contribution is -0.168. The number of carbonyl (C=O) groups excluding carboxylic acids is 3. The summed E-state index contributed by atoms with van der Waals surface area (Å²) in [4.78, 5) is 41.2. The number of rotatable bonds is 4. The van der Waals surface area contributed by atoms with Crippen LogP contribution in [0.5, 0.6) is 0 Å². The zero-order valence-electron chi connectivity index (χ0n) is 13.9. The molecule has 128 valence electrons. The lowest BCUT2D eigenvalue weighted by Gasteiger charge is -2.22. The maximum absolute atomic E-state index is 12.5. The predicted molar refractivity (Wildman–Crippen MR) is 88.0 cm³/mol. The number of esters is 2. The summed E-state index contributed by atoms with van der Waals surface area (Å²) in [6.07, 6.45) is 1.81. The molecule has 0 saturated heterocycles. The van der Waals surface area contributed by atoms with Crippen molar-refractivity contribution in [3.05, 3.63) is 65.0 Å². The quantitative estimate of drug-likeness (QED) is 0.479. The minimum Gasteiger partial charge on any atom is -0.468 e. The van der Waals surface area contributed by atoms with E-state index in [4.69, 9.17) is 9.47 Å². The highest BCUT2D eigenvalue weighted by Crippen LogP contribution is 2.39. The molecule has 25 heavy (non-hydrogen) atoms. The molecule has 1 aromatic carbocycles. The number of ketones is 1. The Bertz CT molecular complexity index is 828. The molecule has 2 aromatic rings. The van der Waals surface area contributed by atoms with Crippen LogP contribution in [0.3, 0.4) is 0 Å². The van der Waals surface area contributed by atoms with Crippen LogP contribution >= 0.6 is 0 Å². The number of benzene rings is 1. The summed E-state index contributed by atoms with van der Waals surface area (Å²) >= 11 is 0. The van der Waals surface area contributed by atoms with Crippen LogP contribution in [-0.4, -0.2) is 36.9 Å². The third-order valence-corrected chi connectivity index (χ3v) is 4.49. The SMILES string of the molecule is COC(=O)C1(C(=O)OC)Cc2cnc(C(=O)c3ccccc3)cc2C1. The molecule has 6 heteroatoms. The van der Waals surface area contributed by atoms with E-state index in [1.807, 2.05) is 6.07 Å². The first kappa shape index (κ1) is 16.8. The molecule has 0 aliphatic heterocycles. The molecule has 0 amide bonds. The summed E-state index contributed by atoms with van der Waals surface area (Å²) in [5.74, 6) is -1.50. The van der Waals surface area contributed by atoms with Crippen LogP contribution < -0.4 is 0 Å². The standard InChI is InChI=1S/C19H17NO5/c1-24-17(22)19(18(23)25-2)9-13-8-15(20-11-14(13)10-19)16(21)12-6-4-3-5-7-12/h3-8,11H,9-10H2,1-2H3. The Morgan fingerprint density at radius 1 is 0.960 bits per heavy atom. The van der Waals surface area contributed by atoms with Gasteiger partial charge in [-0.25, -0.2) is 0 Å². The number of nitrogens with zero attached hydrogens (tertiary/aromatic N) is 1. The van der Waals surface area contributed by atoms with E-state index in [1.54, 1.807) is 36.5 Å². The van der Waals surface area contributed by atoms with Gasteiger partial charge in [-0.2, -0.15) is 0 Å². The largest absolute Gasteiger partial charge is 0.468 e. The van der Waals surface area contributed by atoms with Crippen LogP contribution in [0.2, 0.25) is 0 Å². The maximum Gasteiger partial charge on any atom is 0.323 e. The van der Waals surface area contributed by atoms with Gasteiger partial charge in [-0.15, -0.1) is 0 Å². The van der Waals surface area contributed by atoms with Gasteiger partial charge in [0.25, 0.3) is 0 Å².